The highest BCUT2D eigenvalue weighted by Crippen LogP contribution is 2.39. The first-order chi connectivity index (χ1) is 29.7. The molecule has 0 spiro atoms. The van der Waals surface area contributed by atoms with E-state index in [0.29, 0.717) is 30.0 Å². The molecule has 4 atom stereocenters. The number of aromatic amines is 1. The van der Waals surface area contributed by atoms with Crippen molar-refractivity contribution in [2.45, 2.75) is 56.8 Å². The molecule has 0 radical (unpaired) electrons. The van der Waals surface area contributed by atoms with E-state index in [2.05, 4.69) is 41.9 Å². The first-order valence-electron chi connectivity index (χ1n) is 19.7. The molecular weight excluding hydrogens is 820 g/mol. The van der Waals surface area contributed by atoms with E-state index in [1.54, 1.807) is 36.4 Å². The molecule has 2 heterocycles. The molecule has 1 aliphatic rings. The minimum atomic E-state index is -1.45. The molecule has 9 N–H and O–H groups in total. The van der Waals surface area contributed by atoms with Gasteiger partial charge in [0.15, 0.2) is 0 Å². The summed E-state index contributed by atoms with van der Waals surface area (Å²) >= 11 is 6.04. The number of carbonyl (C=O) groups is 6. The van der Waals surface area contributed by atoms with Crippen molar-refractivity contribution in [2.75, 3.05) is 20.1 Å². The van der Waals surface area contributed by atoms with Crippen LogP contribution in [0, 0.1) is 0 Å². The smallest absolute Gasteiger partial charge is 0.251 e. The maximum Gasteiger partial charge on any atom is 0.251 e. The topological polar surface area (TPSA) is 275 Å². The lowest BCUT2D eigenvalue weighted by Gasteiger charge is -2.32. The molecule has 18 nitrogen and oxygen atoms in total. The van der Waals surface area contributed by atoms with Crippen LogP contribution in [0.3, 0.4) is 0 Å². The van der Waals surface area contributed by atoms with E-state index in [0.717, 1.165) is 16.0 Å². The van der Waals surface area contributed by atoms with E-state index in [4.69, 9.17) is 17.3 Å². The number of unbranched alkanes of at least 4 members (excludes halogenated alkanes) is 1. The molecule has 0 unspecified atom stereocenters. The van der Waals surface area contributed by atoms with Crippen molar-refractivity contribution in [3.05, 3.63) is 112 Å². The number of likely N-dealkylation sites (N-methyl/N-ethyl adjacent to an activating group) is 1. The number of Topliss-reactive ketones (excluding diaryl/α,β-unsaturated/α-hetero) is 1. The van der Waals surface area contributed by atoms with Gasteiger partial charge in [-0.05, 0) is 114 Å². The van der Waals surface area contributed by atoms with Crippen LogP contribution in [0.1, 0.15) is 64.3 Å². The van der Waals surface area contributed by atoms with Gasteiger partial charge in [0.1, 0.15) is 35.7 Å². The Kier molecular flexibility index (Phi) is 14.3. The highest BCUT2D eigenvalue weighted by atomic mass is 35.5. The van der Waals surface area contributed by atoms with Gasteiger partial charge in [-0.25, -0.2) is 5.10 Å². The molecule has 0 saturated carbocycles. The quantitative estimate of drug-likeness (QED) is 0.0627. The standard InChI is InChI=1S/C43H45ClN10O8/c1-23-39(58)49-33(41(60)46-22-36(57)38-50-52-53-51-38)20-24-6-16-34(55)30(19-24)31-21-28(13-17-35(31)56)37(42(61)47-23)54(2)43(62)32(5-3-4-18-45)48-40(59)27-9-7-25(8-10-27)26-11-14-29(44)15-12-26/h6-17,19,21,23,32-33,37,55-56H,3-5,18,20,22,45H2,1-2H3,(H,46,60)(H,47,61)(H,48,59)(H,49,58)(H,50,51,52,53)/t23-,32-,33-,37-/m0/s1. The Hall–Kier alpha value is -7.18. The normalized spacial score (nSPS) is 16.8. The number of H-pyrrole nitrogens is 1. The molecule has 62 heavy (non-hydrogen) atoms. The van der Waals surface area contributed by atoms with Crippen molar-refractivity contribution in [3.63, 3.8) is 0 Å². The summed E-state index contributed by atoms with van der Waals surface area (Å²) in [5.41, 5.74) is 8.65. The lowest BCUT2D eigenvalue weighted by atomic mass is 9.93. The number of nitrogens with two attached hydrogens (primary N) is 1. The van der Waals surface area contributed by atoms with Crippen molar-refractivity contribution < 1.29 is 39.0 Å². The SMILES string of the molecule is C[C@@H]1NC(=O)[C@@H](N(C)C(=O)[C@H](CCCCN)NC(=O)c2ccc(-c3ccc(Cl)cc3)cc2)c2ccc(O)c(c2)-c2cc(ccc2O)C[C@@H](C(=O)NCC(=O)c2nnn[nH]2)NC1=O. The van der Waals surface area contributed by atoms with Crippen LogP contribution in [0.2, 0.25) is 5.02 Å². The van der Waals surface area contributed by atoms with Gasteiger partial charge in [-0.3, -0.25) is 28.8 Å². The largest absolute Gasteiger partial charge is 0.507 e. The highest BCUT2D eigenvalue weighted by molar-refractivity contribution is 6.30. The predicted molar refractivity (Wildman–Crippen MR) is 227 cm³/mol. The first-order valence-corrected chi connectivity index (χ1v) is 20.1. The number of carbonyl (C=O) groups excluding carboxylic acids is 6. The summed E-state index contributed by atoms with van der Waals surface area (Å²) in [6, 6.07) is 17.5. The lowest BCUT2D eigenvalue weighted by Crippen LogP contribution is -2.56. The van der Waals surface area contributed by atoms with E-state index in [9.17, 15) is 39.0 Å². The number of amides is 5. The van der Waals surface area contributed by atoms with Crippen molar-refractivity contribution in [2.24, 2.45) is 5.73 Å². The number of fused-ring (bicyclic) bond motifs is 5. The van der Waals surface area contributed by atoms with Gasteiger partial charge in [0.25, 0.3) is 5.91 Å². The number of aromatic hydroxyl groups is 2. The van der Waals surface area contributed by atoms with Gasteiger partial charge < -0.3 is 42.1 Å². The van der Waals surface area contributed by atoms with Crippen molar-refractivity contribution in [1.82, 2.24) is 46.8 Å². The zero-order chi connectivity index (χ0) is 44.5. The number of nitrogens with one attached hydrogen (secondary N) is 5. The third kappa shape index (κ3) is 10.6. The molecule has 5 aromatic rings. The Morgan fingerprint density at radius 3 is 2.21 bits per heavy atom. The molecule has 4 aromatic carbocycles. The molecule has 5 amide bonds. The molecule has 19 heteroatoms. The van der Waals surface area contributed by atoms with Crippen molar-refractivity contribution in [1.29, 1.82) is 0 Å². The number of ketones is 1. The van der Waals surface area contributed by atoms with Crippen molar-refractivity contribution >= 4 is 46.9 Å². The Morgan fingerprint density at radius 1 is 0.887 bits per heavy atom. The number of tetrazole rings is 1. The molecule has 4 bridgehead atoms. The van der Waals surface area contributed by atoms with Crippen LogP contribution >= 0.6 is 11.6 Å². The monoisotopic (exact) mass is 864 g/mol. The number of nitrogens with zero attached hydrogens (tertiary/aromatic N) is 4. The number of benzene rings is 4. The molecule has 6 rings (SSSR count). The minimum absolute atomic E-state index is 0.0942. The maximum atomic E-state index is 14.5. The number of halogens is 1. The zero-order valence-corrected chi connectivity index (χ0v) is 34.5. The van der Waals surface area contributed by atoms with Crippen LogP contribution in [0.4, 0.5) is 0 Å². The van der Waals surface area contributed by atoms with E-state index < -0.39 is 66.0 Å². The average molecular weight is 865 g/mol. The fourth-order valence-electron chi connectivity index (χ4n) is 6.99. The number of phenols is 2. The fraction of sp³-hybridized carbons (Fsp3) is 0.279. The molecule has 0 saturated heterocycles. The van der Waals surface area contributed by atoms with Gasteiger partial charge in [0, 0.05) is 35.2 Å². The second-order valence-electron chi connectivity index (χ2n) is 14.8. The van der Waals surface area contributed by atoms with E-state index in [1.807, 2.05) is 12.1 Å². The number of hydrogen-bond donors (Lipinski definition) is 8. The molecule has 322 valence electrons. The third-order valence-electron chi connectivity index (χ3n) is 10.4. The van der Waals surface area contributed by atoms with Crippen LogP contribution in [0.25, 0.3) is 22.3 Å². The van der Waals surface area contributed by atoms with Crippen LogP contribution in [-0.4, -0.2) is 109 Å². The first kappa shape index (κ1) is 44.4. The summed E-state index contributed by atoms with van der Waals surface area (Å²) in [4.78, 5) is 83.5. The molecule has 1 aromatic heterocycles. The second-order valence-corrected chi connectivity index (χ2v) is 15.2. The van der Waals surface area contributed by atoms with Gasteiger partial charge >= 0.3 is 0 Å². The van der Waals surface area contributed by atoms with E-state index in [1.165, 1.54) is 50.4 Å². The predicted octanol–water partition coefficient (Wildman–Crippen LogP) is 2.57. The van der Waals surface area contributed by atoms with Crippen LogP contribution in [0.15, 0.2) is 84.9 Å². The Bertz CT molecular complexity index is 2450. The van der Waals surface area contributed by atoms with E-state index >= 15 is 0 Å². The van der Waals surface area contributed by atoms with E-state index in [-0.39, 0.29) is 52.4 Å². The number of phenolic OH excluding ortho intramolecular Hbond substituents is 2. The molecule has 0 fully saturated rings. The van der Waals surface area contributed by atoms with Gasteiger partial charge in [0.05, 0.1) is 6.54 Å². The van der Waals surface area contributed by atoms with Crippen LogP contribution in [-0.2, 0) is 25.6 Å². The second kappa shape index (κ2) is 19.9. The maximum absolute atomic E-state index is 14.5. The number of hydrogen-bond acceptors (Lipinski definition) is 12. The van der Waals surface area contributed by atoms with Crippen LogP contribution in [0.5, 0.6) is 11.5 Å². The van der Waals surface area contributed by atoms with Gasteiger partial charge in [-0.2, -0.15) is 0 Å². The Morgan fingerprint density at radius 2 is 1.55 bits per heavy atom. The molecule has 0 aliphatic carbocycles. The Labute approximate surface area is 360 Å². The Balaban J connectivity index is 1.30. The summed E-state index contributed by atoms with van der Waals surface area (Å²) in [7, 11) is 1.38. The fourth-order valence-corrected chi connectivity index (χ4v) is 7.11. The highest BCUT2D eigenvalue weighted by Gasteiger charge is 2.36. The summed E-state index contributed by atoms with van der Waals surface area (Å²) in [6.45, 7) is 1.22. The summed E-state index contributed by atoms with van der Waals surface area (Å²) in [5.74, 6) is -4.86. The van der Waals surface area contributed by atoms with Crippen LogP contribution < -0.4 is 27.0 Å². The summed E-state index contributed by atoms with van der Waals surface area (Å²) in [6.07, 6.45) is 1.05. The number of aromatic nitrogens is 4. The van der Waals surface area contributed by atoms with Gasteiger partial charge in [-0.1, -0.05) is 48.0 Å². The summed E-state index contributed by atoms with van der Waals surface area (Å²) in [5, 5.41) is 45.9. The molecule has 1 aliphatic heterocycles. The van der Waals surface area contributed by atoms with Gasteiger partial charge in [0.2, 0.25) is 35.2 Å². The summed E-state index contributed by atoms with van der Waals surface area (Å²) < 4.78 is 0. The van der Waals surface area contributed by atoms with Crippen molar-refractivity contribution in [3.8, 4) is 33.8 Å². The average Bonchev–Trinajstić information content (AvgIpc) is 3.81. The lowest BCUT2D eigenvalue weighted by molar-refractivity contribution is -0.141. The zero-order valence-electron chi connectivity index (χ0n) is 33.7. The molecular formula is C43H45ClN10O8. The van der Waals surface area contributed by atoms with Gasteiger partial charge in [-0.15, -0.1) is 5.10 Å². The third-order valence-corrected chi connectivity index (χ3v) is 10.7. The minimum Gasteiger partial charge on any atom is -0.507 e. The number of rotatable bonds is 13.